The molecule has 1 aliphatic rings. The van der Waals surface area contributed by atoms with E-state index in [-0.39, 0.29) is 11.5 Å². The molecule has 0 fully saturated rings. The van der Waals surface area contributed by atoms with Crippen molar-refractivity contribution in [1.29, 1.82) is 0 Å². The molecule has 0 bridgehead atoms. The number of rotatable bonds is 7. The second kappa shape index (κ2) is 7.14. The average Bonchev–Trinajstić information content (AvgIpc) is 2.20. The molecule has 1 N–H and O–H groups in total. The highest BCUT2D eigenvalue weighted by Crippen LogP contribution is 2.36. The summed E-state index contributed by atoms with van der Waals surface area (Å²) in [7, 11) is 1.68. The second-order valence-corrected chi connectivity index (χ2v) is 5.65. The van der Waals surface area contributed by atoms with E-state index in [9.17, 15) is 5.11 Å². The Hall–Kier alpha value is -0.380. The number of hydrogen-bond donors (Lipinski definition) is 1. The van der Waals surface area contributed by atoms with Crippen molar-refractivity contribution < 1.29 is 14.6 Å². The molecule has 0 aromatic heterocycles. The summed E-state index contributed by atoms with van der Waals surface area (Å²) in [4.78, 5) is 0. The fraction of sp³-hybridized carbons (Fsp3) is 0.857. The molecule has 0 aromatic rings. The molecule has 0 saturated carbocycles. The van der Waals surface area contributed by atoms with Crippen LogP contribution < -0.4 is 0 Å². The highest BCUT2D eigenvalue weighted by atomic mass is 16.5. The van der Waals surface area contributed by atoms with E-state index in [1.54, 1.807) is 7.11 Å². The normalized spacial score (nSPS) is 23.5. The van der Waals surface area contributed by atoms with Crippen LogP contribution in [0.25, 0.3) is 0 Å². The molecule has 3 nitrogen and oxygen atoms in total. The maximum absolute atomic E-state index is 9.76. The van der Waals surface area contributed by atoms with E-state index in [4.69, 9.17) is 9.47 Å². The van der Waals surface area contributed by atoms with Gasteiger partial charge in [-0.2, -0.15) is 0 Å². The van der Waals surface area contributed by atoms with Gasteiger partial charge in [0.1, 0.15) is 0 Å². The smallest absolute Gasteiger partial charge is 0.0728 e. The Bertz CT molecular complexity index is 246. The minimum Gasteiger partial charge on any atom is -0.389 e. The maximum Gasteiger partial charge on any atom is 0.0728 e. The van der Waals surface area contributed by atoms with Gasteiger partial charge in [0.25, 0.3) is 0 Å². The van der Waals surface area contributed by atoms with E-state index in [0.717, 1.165) is 32.3 Å². The summed E-state index contributed by atoms with van der Waals surface area (Å²) in [5, 5.41) is 9.76. The highest BCUT2D eigenvalue weighted by Gasteiger charge is 2.27. The third-order valence-corrected chi connectivity index (χ3v) is 3.11. The highest BCUT2D eigenvalue weighted by molar-refractivity contribution is 5.12. The van der Waals surface area contributed by atoms with Crippen molar-refractivity contribution in [1.82, 2.24) is 0 Å². The molecule has 0 aromatic carbocycles. The zero-order valence-electron chi connectivity index (χ0n) is 11.4. The average molecular weight is 242 g/mol. The number of methoxy groups -OCH3 is 1. The van der Waals surface area contributed by atoms with Gasteiger partial charge in [0, 0.05) is 13.7 Å². The summed E-state index contributed by atoms with van der Waals surface area (Å²) in [6.45, 7) is 6.55. The van der Waals surface area contributed by atoms with Crippen LogP contribution in [0.1, 0.15) is 39.5 Å². The largest absolute Gasteiger partial charge is 0.389 e. The molecule has 0 spiro atoms. The zero-order valence-corrected chi connectivity index (χ0v) is 11.4. The molecule has 0 amide bonds. The van der Waals surface area contributed by atoms with Crippen molar-refractivity contribution in [3.05, 3.63) is 11.6 Å². The molecular weight excluding hydrogens is 216 g/mol. The molecule has 1 aliphatic carbocycles. The van der Waals surface area contributed by atoms with Gasteiger partial charge in [0.15, 0.2) is 0 Å². The molecule has 0 aliphatic heterocycles. The van der Waals surface area contributed by atoms with Crippen LogP contribution in [0.4, 0.5) is 0 Å². The number of aliphatic hydroxyl groups is 1. The summed E-state index contributed by atoms with van der Waals surface area (Å²) >= 11 is 0. The molecule has 1 atom stereocenters. The summed E-state index contributed by atoms with van der Waals surface area (Å²) in [6, 6.07) is 0. The standard InChI is InChI=1S/C14H26O3/c1-14(2)10-12(9-13(15)11-14)5-4-6-17-8-7-16-3/h9,13,15H,4-8,10-11H2,1-3H3. The second-order valence-electron chi connectivity index (χ2n) is 5.65. The van der Waals surface area contributed by atoms with Gasteiger partial charge in [-0.1, -0.05) is 25.5 Å². The summed E-state index contributed by atoms with van der Waals surface area (Å²) < 4.78 is 10.3. The van der Waals surface area contributed by atoms with Crippen molar-refractivity contribution in [3.8, 4) is 0 Å². The van der Waals surface area contributed by atoms with Gasteiger partial charge >= 0.3 is 0 Å². The molecular formula is C14H26O3. The topological polar surface area (TPSA) is 38.7 Å². The molecule has 17 heavy (non-hydrogen) atoms. The Labute approximate surface area is 105 Å². The first-order valence-corrected chi connectivity index (χ1v) is 6.48. The van der Waals surface area contributed by atoms with Crippen LogP contribution in [0.5, 0.6) is 0 Å². The lowest BCUT2D eigenvalue weighted by Crippen LogP contribution is -2.25. The van der Waals surface area contributed by atoms with Gasteiger partial charge in [0.05, 0.1) is 19.3 Å². The van der Waals surface area contributed by atoms with Crippen molar-refractivity contribution in [3.63, 3.8) is 0 Å². The van der Waals surface area contributed by atoms with E-state index in [0.29, 0.717) is 13.2 Å². The predicted octanol–water partition coefficient (Wildman–Crippen LogP) is 2.54. The summed E-state index contributed by atoms with van der Waals surface area (Å²) in [5.74, 6) is 0. The Kier molecular flexibility index (Phi) is 6.17. The Morgan fingerprint density at radius 2 is 2.12 bits per heavy atom. The Morgan fingerprint density at radius 3 is 2.76 bits per heavy atom. The molecule has 100 valence electrons. The van der Waals surface area contributed by atoms with Gasteiger partial charge in [-0.25, -0.2) is 0 Å². The van der Waals surface area contributed by atoms with E-state index in [2.05, 4.69) is 13.8 Å². The fourth-order valence-corrected chi connectivity index (χ4v) is 2.46. The third kappa shape index (κ3) is 6.20. The lowest BCUT2D eigenvalue weighted by Gasteiger charge is -2.32. The SMILES string of the molecule is COCCOCCCC1=CC(O)CC(C)(C)C1. The van der Waals surface area contributed by atoms with Gasteiger partial charge in [-0.15, -0.1) is 0 Å². The maximum atomic E-state index is 9.76. The fourth-order valence-electron chi connectivity index (χ4n) is 2.46. The first-order chi connectivity index (χ1) is 8.03. The van der Waals surface area contributed by atoms with Crippen LogP contribution in [-0.4, -0.2) is 38.1 Å². The van der Waals surface area contributed by atoms with Crippen molar-refractivity contribution in [2.24, 2.45) is 5.41 Å². The minimum atomic E-state index is -0.261. The zero-order chi connectivity index (χ0) is 12.7. The van der Waals surface area contributed by atoms with Crippen LogP contribution >= 0.6 is 0 Å². The van der Waals surface area contributed by atoms with E-state index in [1.165, 1.54) is 5.57 Å². The van der Waals surface area contributed by atoms with Gasteiger partial charge in [0.2, 0.25) is 0 Å². The number of allylic oxidation sites excluding steroid dienone is 1. The predicted molar refractivity (Wildman–Crippen MR) is 69.0 cm³/mol. The van der Waals surface area contributed by atoms with Crippen molar-refractivity contribution >= 4 is 0 Å². The Morgan fingerprint density at radius 1 is 1.35 bits per heavy atom. The minimum absolute atomic E-state index is 0.237. The van der Waals surface area contributed by atoms with E-state index >= 15 is 0 Å². The van der Waals surface area contributed by atoms with Gasteiger partial charge in [-0.3, -0.25) is 0 Å². The summed E-state index contributed by atoms with van der Waals surface area (Å²) in [5.41, 5.74) is 1.62. The van der Waals surface area contributed by atoms with Crippen LogP contribution in [0, 0.1) is 5.41 Å². The lowest BCUT2D eigenvalue weighted by molar-refractivity contribution is 0.0689. The van der Waals surface area contributed by atoms with E-state index in [1.807, 2.05) is 6.08 Å². The monoisotopic (exact) mass is 242 g/mol. The van der Waals surface area contributed by atoms with Crippen LogP contribution in [-0.2, 0) is 9.47 Å². The molecule has 1 rings (SSSR count). The first kappa shape index (κ1) is 14.7. The quantitative estimate of drug-likeness (QED) is 0.551. The molecule has 0 saturated heterocycles. The van der Waals surface area contributed by atoms with Gasteiger partial charge < -0.3 is 14.6 Å². The van der Waals surface area contributed by atoms with Crippen molar-refractivity contribution in [2.45, 2.75) is 45.6 Å². The number of hydrogen-bond acceptors (Lipinski definition) is 3. The molecule has 3 heteroatoms. The van der Waals surface area contributed by atoms with Gasteiger partial charge in [-0.05, 0) is 31.1 Å². The Balaban J connectivity index is 2.18. The van der Waals surface area contributed by atoms with Crippen LogP contribution in [0.15, 0.2) is 11.6 Å². The first-order valence-electron chi connectivity index (χ1n) is 6.48. The van der Waals surface area contributed by atoms with Crippen LogP contribution in [0.3, 0.4) is 0 Å². The summed E-state index contributed by atoms with van der Waals surface area (Å²) in [6.07, 6.45) is 5.80. The third-order valence-electron chi connectivity index (χ3n) is 3.11. The molecule has 0 radical (unpaired) electrons. The number of aliphatic hydroxyl groups excluding tert-OH is 1. The molecule has 1 unspecified atom stereocenters. The lowest BCUT2D eigenvalue weighted by atomic mass is 9.75. The van der Waals surface area contributed by atoms with Crippen molar-refractivity contribution in [2.75, 3.05) is 26.9 Å². The molecule has 0 heterocycles. The van der Waals surface area contributed by atoms with E-state index < -0.39 is 0 Å². The van der Waals surface area contributed by atoms with Crippen LogP contribution in [0.2, 0.25) is 0 Å². The number of ether oxygens (including phenoxy) is 2.